The van der Waals surface area contributed by atoms with Gasteiger partial charge in [0.05, 0.1) is 12.6 Å². The first-order valence-corrected chi connectivity index (χ1v) is 6.75. The third-order valence-electron chi connectivity index (χ3n) is 3.13. The predicted octanol–water partition coefficient (Wildman–Crippen LogP) is 1.81. The van der Waals surface area contributed by atoms with Crippen LogP contribution in [-0.4, -0.2) is 37.1 Å². The largest absolute Gasteiger partial charge is 0.383 e. The summed E-state index contributed by atoms with van der Waals surface area (Å²) in [5, 5.41) is 4.16. The summed E-state index contributed by atoms with van der Waals surface area (Å²) in [6.07, 6.45) is 2.08. The summed E-state index contributed by atoms with van der Waals surface area (Å²) in [4.78, 5) is 14.1. The van der Waals surface area contributed by atoms with Crippen LogP contribution in [0.4, 0.5) is 0 Å². The maximum Gasteiger partial charge on any atom is 0.242 e. The topological polar surface area (TPSA) is 55.6 Å². The zero-order chi connectivity index (χ0) is 12.3. The molecule has 2 atom stereocenters. The Morgan fingerprint density at radius 2 is 2.50 bits per heavy atom. The lowest BCUT2D eigenvalue weighted by Crippen LogP contribution is -2.45. The van der Waals surface area contributed by atoms with Crippen molar-refractivity contribution in [3.05, 3.63) is 22.4 Å². The van der Waals surface area contributed by atoms with Crippen LogP contribution < -0.4 is 5.73 Å². The first-order valence-electron chi connectivity index (χ1n) is 5.81. The van der Waals surface area contributed by atoms with E-state index >= 15 is 0 Å². The van der Waals surface area contributed by atoms with Gasteiger partial charge in [0.15, 0.2) is 0 Å². The molecular formula is C12H19ClN2O2S. The van der Waals surface area contributed by atoms with Gasteiger partial charge in [-0.2, -0.15) is 11.3 Å². The summed E-state index contributed by atoms with van der Waals surface area (Å²) in [7, 11) is 1.56. The van der Waals surface area contributed by atoms with Crippen molar-refractivity contribution in [3.63, 3.8) is 0 Å². The molecule has 1 fully saturated rings. The maximum absolute atomic E-state index is 12.2. The van der Waals surface area contributed by atoms with E-state index in [0.717, 1.165) is 19.4 Å². The van der Waals surface area contributed by atoms with Crippen molar-refractivity contribution < 1.29 is 9.53 Å². The van der Waals surface area contributed by atoms with E-state index in [0.29, 0.717) is 0 Å². The molecule has 1 aromatic rings. The molecule has 0 aliphatic carbocycles. The van der Waals surface area contributed by atoms with Crippen LogP contribution in [-0.2, 0) is 9.53 Å². The van der Waals surface area contributed by atoms with Gasteiger partial charge in [-0.05, 0) is 35.2 Å². The number of likely N-dealkylation sites (tertiary alicyclic amines) is 1. The number of amides is 1. The van der Waals surface area contributed by atoms with E-state index in [4.69, 9.17) is 10.5 Å². The van der Waals surface area contributed by atoms with E-state index < -0.39 is 6.04 Å². The number of hydrogen-bond donors (Lipinski definition) is 1. The smallest absolute Gasteiger partial charge is 0.242 e. The molecule has 0 radical (unpaired) electrons. The predicted molar refractivity (Wildman–Crippen MR) is 75.1 cm³/mol. The molecule has 2 N–H and O–H groups in total. The molecular weight excluding hydrogens is 272 g/mol. The Hall–Kier alpha value is -0.620. The standard InChI is InChI=1S/C12H18N2O2S.ClH/c1-16-7-10(13)12(15)14-5-2-3-11(14)9-4-6-17-8-9;/h4,6,8,10-11H,2-3,5,7,13H2,1H3;1H. The third-order valence-corrected chi connectivity index (χ3v) is 3.83. The van der Waals surface area contributed by atoms with Gasteiger partial charge in [-0.3, -0.25) is 4.79 Å². The van der Waals surface area contributed by atoms with Crippen molar-refractivity contribution in [3.8, 4) is 0 Å². The van der Waals surface area contributed by atoms with E-state index in [2.05, 4.69) is 11.4 Å². The average molecular weight is 291 g/mol. The van der Waals surface area contributed by atoms with E-state index in [9.17, 15) is 4.79 Å². The number of ether oxygens (including phenoxy) is 1. The highest BCUT2D eigenvalue weighted by Crippen LogP contribution is 2.33. The molecule has 4 nitrogen and oxygen atoms in total. The summed E-state index contributed by atoms with van der Waals surface area (Å²) in [5.74, 6) is 0.000509. The van der Waals surface area contributed by atoms with Crippen molar-refractivity contribution >= 4 is 29.7 Å². The molecule has 0 bridgehead atoms. The number of thiophene rings is 1. The van der Waals surface area contributed by atoms with Crippen LogP contribution in [0.5, 0.6) is 0 Å². The molecule has 1 aliphatic rings. The molecule has 1 aromatic heterocycles. The molecule has 102 valence electrons. The number of halogens is 1. The number of methoxy groups -OCH3 is 1. The van der Waals surface area contributed by atoms with E-state index in [1.165, 1.54) is 5.56 Å². The van der Waals surface area contributed by atoms with Crippen LogP contribution in [0.3, 0.4) is 0 Å². The van der Waals surface area contributed by atoms with Gasteiger partial charge in [0, 0.05) is 13.7 Å². The lowest BCUT2D eigenvalue weighted by molar-refractivity contribution is -0.134. The molecule has 6 heteroatoms. The van der Waals surface area contributed by atoms with Crippen LogP contribution >= 0.6 is 23.7 Å². The minimum absolute atomic E-state index is 0. The first-order chi connectivity index (χ1) is 8.24. The minimum Gasteiger partial charge on any atom is -0.383 e. The Morgan fingerprint density at radius 1 is 1.72 bits per heavy atom. The highest BCUT2D eigenvalue weighted by Gasteiger charge is 2.32. The molecule has 1 aliphatic heterocycles. The Labute approximate surface area is 118 Å². The van der Waals surface area contributed by atoms with Gasteiger partial charge in [0.25, 0.3) is 0 Å². The fourth-order valence-corrected chi connectivity index (χ4v) is 3.01. The van der Waals surface area contributed by atoms with Crippen molar-refractivity contribution in [1.82, 2.24) is 4.90 Å². The number of carbonyl (C=O) groups excluding carboxylic acids is 1. The highest BCUT2D eigenvalue weighted by atomic mass is 35.5. The van der Waals surface area contributed by atoms with Gasteiger partial charge in [0.2, 0.25) is 5.91 Å². The summed E-state index contributed by atoms with van der Waals surface area (Å²) in [6, 6.07) is 1.75. The van der Waals surface area contributed by atoms with E-state index in [-0.39, 0.29) is 31.0 Å². The fraction of sp³-hybridized carbons (Fsp3) is 0.583. The summed E-state index contributed by atoms with van der Waals surface area (Å²) >= 11 is 1.66. The number of nitrogens with zero attached hydrogens (tertiary/aromatic N) is 1. The second-order valence-electron chi connectivity index (χ2n) is 4.31. The van der Waals surface area contributed by atoms with Gasteiger partial charge in [0.1, 0.15) is 6.04 Å². The molecule has 2 heterocycles. The third kappa shape index (κ3) is 3.23. The van der Waals surface area contributed by atoms with Crippen LogP contribution in [0, 0.1) is 0 Å². The van der Waals surface area contributed by atoms with Crippen molar-refractivity contribution in [2.24, 2.45) is 5.73 Å². The van der Waals surface area contributed by atoms with Gasteiger partial charge in [-0.25, -0.2) is 0 Å². The van der Waals surface area contributed by atoms with Crippen LogP contribution in [0.25, 0.3) is 0 Å². The molecule has 0 spiro atoms. The second kappa shape index (κ2) is 7.09. The first kappa shape index (κ1) is 15.4. The van der Waals surface area contributed by atoms with Crippen LogP contribution in [0.2, 0.25) is 0 Å². The van der Waals surface area contributed by atoms with Crippen LogP contribution in [0.1, 0.15) is 24.4 Å². The number of nitrogens with two attached hydrogens (primary N) is 1. The highest BCUT2D eigenvalue weighted by molar-refractivity contribution is 7.07. The Bertz CT molecular complexity index is 372. The van der Waals surface area contributed by atoms with Crippen molar-refractivity contribution in [2.75, 3.05) is 20.3 Å². The number of carbonyl (C=O) groups is 1. The maximum atomic E-state index is 12.2. The minimum atomic E-state index is -0.542. The zero-order valence-corrected chi connectivity index (χ0v) is 12.0. The summed E-state index contributed by atoms with van der Waals surface area (Å²) < 4.78 is 4.94. The number of hydrogen-bond acceptors (Lipinski definition) is 4. The monoisotopic (exact) mass is 290 g/mol. The van der Waals surface area contributed by atoms with Crippen molar-refractivity contribution in [2.45, 2.75) is 24.9 Å². The normalized spacial score (nSPS) is 20.6. The van der Waals surface area contributed by atoms with Gasteiger partial charge in [-0.15, -0.1) is 12.4 Å². The second-order valence-corrected chi connectivity index (χ2v) is 5.09. The van der Waals surface area contributed by atoms with Crippen LogP contribution in [0.15, 0.2) is 16.8 Å². The van der Waals surface area contributed by atoms with Gasteiger partial charge >= 0.3 is 0 Å². The molecule has 2 rings (SSSR count). The van der Waals surface area contributed by atoms with Crippen molar-refractivity contribution in [1.29, 1.82) is 0 Å². The SMILES string of the molecule is COCC(N)C(=O)N1CCCC1c1ccsc1.Cl. The summed E-state index contributed by atoms with van der Waals surface area (Å²) in [5.41, 5.74) is 7.04. The zero-order valence-electron chi connectivity index (χ0n) is 10.4. The molecule has 0 saturated carbocycles. The Balaban J connectivity index is 0.00000162. The van der Waals surface area contributed by atoms with E-state index in [1.54, 1.807) is 18.4 Å². The molecule has 18 heavy (non-hydrogen) atoms. The van der Waals surface area contributed by atoms with Gasteiger partial charge < -0.3 is 15.4 Å². The fourth-order valence-electron chi connectivity index (χ4n) is 2.31. The molecule has 0 aromatic carbocycles. The Kier molecular flexibility index (Phi) is 6.08. The summed E-state index contributed by atoms with van der Waals surface area (Å²) in [6.45, 7) is 1.09. The molecule has 1 saturated heterocycles. The molecule has 2 unspecified atom stereocenters. The average Bonchev–Trinajstić information content (AvgIpc) is 2.98. The van der Waals surface area contributed by atoms with E-state index in [1.807, 2.05) is 10.3 Å². The lowest BCUT2D eigenvalue weighted by Gasteiger charge is -2.26. The lowest BCUT2D eigenvalue weighted by atomic mass is 10.1. The molecule has 1 amide bonds. The quantitative estimate of drug-likeness (QED) is 0.920. The Morgan fingerprint density at radius 3 is 3.11 bits per heavy atom. The number of rotatable bonds is 4. The van der Waals surface area contributed by atoms with Gasteiger partial charge in [-0.1, -0.05) is 0 Å².